The molecule has 0 radical (unpaired) electrons. The number of aliphatic hydroxyl groups excluding tert-OH is 1. The highest BCUT2D eigenvalue weighted by molar-refractivity contribution is 5.86. The molecular formula is C45H49N3O7. The summed E-state index contributed by atoms with van der Waals surface area (Å²) in [6, 6.07) is 32.8. The molecule has 0 spiro atoms. The van der Waals surface area contributed by atoms with Crippen molar-refractivity contribution in [2.24, 2.45) is 5.92 Å². The predicted octanol–water partition coefficient (Wildman–Crippen LogP) is 6.86. The molecule has 5 rings (SSSR count). The second kappa shape index (κ2) is 20.5. The molecule has 3 N–H and O–H groups in total. The lowest BCUT2D eigenvalue weighted by Gasteiger charge is -2.26. The number of aliphatic hydroxyl groups is 1. The van der Waals surface area contributed by atoms with Crippen LogP contribution >= 0.6 is 0 Å². The lowest BCUT2D eigenvalue weighted by molar-refractivity contribution is -0.147. The van der Waals surface area contributed by atoms with Crippen LogP contribution < -0.4 is 10.6 Å². The Kier molecular flexibility index (Phi) is 14.9. The first-order valence-corrected chi connectivity index (χ1v) is 18.6. The Morgan fingerprint density at radius 3 is 2.02 bits per heavy atom. The molecular weight excluding hydrogens is 695 g/mol. The summed E-state index contributed by atoms with van der Waals surface area (Å²) in [4.78, 5) is 55.5. The summed E-state index contributed by atoms with van der Waals surface area (Å²) in [7, 11) is 0. The highest BCUT2D eigenvalue weighted by Crippen LogP contribution is 2.44. The summed E-state index contributed by atoms with van der Waals surface area (Å²) in [5, 5.41) is 15.3. The standard InChI is InChI=1S/C45H49N3O7/c1-3-5-25-40(47-45(53)55-30-39-37-23-14-12-21-35(37)36-22-13-15-24-38(36)39)44(52)54-31-41(33-19-10-7-11-20-33)46-43(51)34(16-4-2)28-42(50)48(26-27-49)29-32-17-8-6-9-18-32/h3-4,6-15,17-24,34,39-41,49H,1-2,5,16,25-31H2,(H,46,51)(H,47,53)/t34-,40-,41+/m0/s1. The van der Waals surface area contributed by atoms with Gasteiger partial charge in [-0.05, 0) is 52.6 Å². The van der Waals surface area contributed by atoms with Crippen molar-refractivity contribution in [1.29, 1.82) is 0 Å². The first-order valence-electron chi connectivity index (χ1n) is 18.6. The van der Waals surface area contributed by atoms with Crippen molar-refractivity contribution in [1.82, 2.24) is 15.5 Å². The number of alkyl carbamates (subject to hydrolysis) is 1. The minimum Gasteiger partial charge on any atom is -0.462 e. The summed E-state index contributed by atoms with van der Waals surface area (Å²) >= 11 is 0. The van der Waals surface area contributed by atoms with E-state index in [1.165, 1.54) is 4.90 Å². The van der Waals surface area contributed by atoms with Crippen LogP contribution in [0.4, 0.5) is 4.79 Å². The van der Waals surface area contributed by atoms with E-state index in [1.807, 2.05) is 84.9 Å². The van der Waals surface area contributed by atoms with E-state index in [0.29, 0.717) is 18.5 Å². The van der Waals surface area contributed by atoms with Gasteiger partial charge in [0.2, 0.25) is 11.8 Å². The van der Waals surface area contributed by atoms with Crippen molar-refractivity contribution in [2.75, 3.05) is 26.4 Å². The van der Waals surface area contributed by atoms with E-state index < -0.39 is 36.0 Å². The normalized spacial score (nSPS) is 13.3. The zero-order valence-electron chi connectivity index (χ0n) is 31.0. The van der Waals surface area contributed by atoms with Gasteiger partial charge in [-0.25, -0.2) is 9.59 Å². The SMILES string of the molecule is C=CCC[C@H](NC(=O)OCC1c2ccccc2-c2ccccc21)C(=O)OC[C@@H](NC(=O)[C@@H](CC=C)CC(=O)N(CCO)Cc1ccccc1)c1ccccc1. The second-order valence-corrected chi connectivity index (χ2v) is 13.4. The third-order valence-corrected chi connectivity index (χ3v) is 9.67. The highest BCUT2D eigenvalue weighted by atomic mass is 16.6. The van der Waals surface area contributed by atoms with E-state index in [1.54, 1.807) is 24.3 Å². The fourth-order valence-corrected chi connectivity index (χ4v) is 6.82. The van der Waals surface area contributed by atoms with Gasteiger partial charge in [-0.3, -0.25) is 9.59 Å². The summed E-state index contributed by atoms with van der Waals surface area (Å²) in [5.74, 6) is -2.30. The van der Waals surface area contributed by atoms with Gasteiger partial charge in [-0.2, -0.15) is 0 Å². The number of ether oxygens (including phenoxy) is 2. The Balaban J connectivity index is 1.22. The molecule has 4 aromatic rings. The number of nitrogens with zero attached hydrogens (tertiary/aromatic N) is 1. The van der Waals surface area contributed by atoms with Crippen LogP contribution in [-0.4, -0.2) is 66.3 Å². The van der Waals surface area contributed by atoms with Crippen molar-refractivity contribution in [3.63, 3.8) is 0 Å². The average Bonchev–Trinajstić information content (AvgIpc) is 3.53. The third-order valence-electron chi connectivity index (χ3n) is 9.67. The maximum Gasteiger partial charge on any atom is 0.407 e. The number of rotatable bonds is 20. The van der Waals surface area contributed by atoms with Crippen molar-refractivity contribution in [3.8, 4) is 11.1 Å². The van der Waals surface area contributed by atoms with Crippen LogP contribution in [0.25, 0.3) is 11.1 Å². The molecule has 0 heterocycles. The van der Waals surface area contributed by atoms with Crippen molar-refractivity contribution in [3.05, 3.63) is 157 Å². The fourth-order valence-electron chi connectivity index (χ4n) is 6.82. The number of carbonyl (C=O) groups excluding carboxylic acids is 4. The molecule has 1 aliphatic carbocycles. The van der Waals surface area contributed by atoms with E-state index in [0.717, 1.165) is 27.8 Å². The van der Waals surface area contributed by atoms with Crippen LogP contribution in [0.5, 0.6) is 0 Å². The van der Waals surface area contributed by atoms with E-state index >= 15 is 0 Å². The Labute approximate surface area is 322 Å². The summed E-state index contributed by atoms with van der Waals surface area (Å²) in [6.07, 6.45) is 3.25. The first kappa shape index (κ1) is 40.2. The van der Waals surface area contributed by atoms with Gasteiger partial charge < -0.3 is 30.1 Å². The second-order valence-electron chi connectivity index (χ2n) is 13.4. The maximum absolute atomic E-state index is 13.8. The molecule has 0 fully saturated rings. The molecule has 55 heavy (non-hydrogen) atoms. The Hall–Kier alpha value is -6.00. The van der Waals surface area contributed by atoms with E-state index in [4.69, 9.17) is 9.47 Å². The number of fused-ring (bicyclic) bond motifs is 3. The molecule has 0 unspecified atom stereocenters. The molecule has 1 aliphatic rings. The molecule has 4 aromatic carbocycles. The van der Waals surface area contributed by atoms with Crippen LogP contribution in [-0.2, 0) is 30.4 Å². The predicted molar refractivity (Wildman–Crippen MR) is 212 cm³/mol. The number of amides is 3. The molecule has 10 nitrogen and oxygen atoms in total. The van der Waals surface area contributed by atoms with E-state index in [2.05, 4.69) is 35.9 Å². The van der Waals surface area contributed by atoms with E-state index in [-0.39, 0.29) is 57.5 Å². The molecule has 286 valence electrons. The van der Waals surface area contributed by atoms with Crippen LogP contribution in [0, 0.1) is 5.92 Å². The van der Waals surface area contributed by atoms with Crippen molar-refractivity contribution >= 4 is 23.9 Å². The number of hydrogen-bond acceptors (Lipinski definition) is 7. The zero-order valence-corrected chi connectivity index (χ0v) is 31.0. The molecule has 0 aliphatic heterocycles. The van der Waals surface area contributed by atoms with Crippen LogP contribution in [0.15, 0.2) is 135 Å². The van der Waals surface area contributed by atoms with Gasteiger partial charge in [-0.15, -0.1) is 13.2 Å². The van der Waals surface area contributed by atoms with Gasteiger partial charge in [0.15, 0.2) is 0 Å². The summed E-state index contributed by atoms with van der Waals surface area (Å²) in [5.41, 5.74) is 5.94. The number of carbonyl (C=O) groups is 4. The zero-order chi connectivity index (χ0) is 39.0. The van der Waals surface area contributed by atoms with Gasteiger partial charge in [0.1, 0.15) is 19.3 Å². The van der Waals surface area contributed by atoms with Gasteiger partial charge >= 0.3 is 12.1 Å². The number of allylic oxidation sites excluding steroid dienone is 2. The summed E-state index contributed by atoms with van der Waals surface area (Å²) < 4.78 is 11.5. The summed E-state index contributed by atoms with van der Waals surface area (Å²) in [6.45, 7) is 7.60. The van der Waals surface area contributed by atoms with Gasteiger partial charge in [0.25, 0.3) is 0 Å². The number of esters is 1. The van der Waals surface area contributed by atoms with Gasteiger partial charge in [-0.1, -0.05) is 121 Å². The Morgan fingerprint density at radius 2 is 1.40 bits per heavy atom. The number of nitrogens with one attached hydrogen (secondary N) is 2. The van der Waals surface area contributed by atoms with Crippen LogP contribution in [0.3, 0.4) is 0 Å². The molecule has 10 heteroatoms. The Morgan fingerprint density at radius 1 is 0.782 bits per heavy atom. The number of benzene rings is 4. The smallest absolute Gasteiger partial charge is 0.407 e. The van der Waals surface area contributed by atoms with Gasteiger partial charge in [0.05, 0.1) is 18.6 Å². The minimum absolute atomic E-state index is 0.0869. The van der Waals surface area contributed by atoms with Crippen molar-refractivity contribution < 1.29 is 33.8 Å². The molecule has 0 saturated heterocycles. The van der Waals surface area contributed by atoms with Crippen LogP contribution in [0.2, 0.25) is 0 Å². The quantitative estimate of drug-likeness (QED) is 0.0665. The van der Waals surface area contributed by atoms with E-state index in [9.17, 15) is 24.3 Å². The lowest BCUT2D eigenvalue weighted by Crippen LogP contribution is -2.44. The monoisotopic (exact) mass is 743 g/mol. The molecule has 3 atom stereocenters. The average molecular weight is 744 g/mol. The molecule has 0 bridgehead atoms. The van der Waals surface area contributed by atoms with Crippen molar-refractivity contribution in [2.45, 2.75) is 50.2 Å². The van der Waals surface area contributed by atoms with Gasteiger partial charge in [0, 0.05) is 25.4 Å². The molecule has 0 aromatic heterocycles. The third kappa shape index (κ3) is 11.0. The maximum atomic E-state index is 13.8. The fraction of sp³-hybridized carbons (Fsp3) is 0.289. The topological polar surface area (TPSA) is 134 Å². The first-order chi connectivity index (χ1) is 26.8. The Bertz CT molecular complexity index is 1870. The number of hydrogen-bond donors (Lipinski definition) is 3. The van der Waals surface area contributed by atoms with Crippen LogP contribution in [0.1, 0.15) is 59.9 Å². The largest absolute Gasteiger partial charge is 0.462 e. The molecule has 3 amide bonds. The highest BCUT2D eigenvalue weighted by Gasteiger charge is 2.31. The lowest BCUT2D eigenvalue weighted by atomic mass is 9.97. The minimum atomic E-state index is -1.03. The molecule has 0 saturated carbocycles.